The minimum Gasteiger partial charge on any atom is -0.369 e. The Kier molecular flexibility index (Phi) is 11.9. The van der Waals surface area contributed by atoms with Crippen LogP contribution >= 0.6 is 0 Å². The summed E-state index contributed by atoms with van der Waals surface area (Å²) in [5.74, 6) is 0.370. The van der Waals surface area contributed by atoms with Gasteiger partial charge >= 0.3 is 6.03 Å². The molecule has 4 saturated heterocycles. The Hall–Kier alpha value is -6.43. The fourth-order valence-electron chi connectivity index (χ4n) is 11.0. The maximum Gasteiger partial charge on any atom is 0.320 e. The van der Waals surface area contributed by atoms with Gasteiger partial charge in [0.05, 0.1) is 17.4 Å². The van der Waals surface area contributed by atoms with E-state index in [1.165, 1.54) is 6.92 Å². The van der Waals surface area contributed by atoms with Gasteiger partial charge in [-0.1, -0.05) is 12.8 Å². The number of benzene rings is 1. The molecule has 3 aromatic heterocycles. The highest BCUT2D eigenvalue weighted by molar-refractivity contribution is 6.05. The summed E-state index contributed by atoms with van der Waals surface area (Å²) in [7, 11) is 0. The van der Waals surface area contributed by atoms with E-state index < -0.39 is 11.9 Å². The molecule has 4 aromatic rings. The Bertz CT molecular complexity index is 2620. The molecule has 5 aliphatic heterocycles. The molecule has 2 N–H and O–H groups in total. The Morgan fingerprint density at radius 2 is 1.48 bits per heavy atom. The van der Waals surface area contributed by atoms with Crippen LogP contribution in [0.2, 0.25) is 0 Å². The Balaban J connectivity index is 0.669. The minimum absolute atomic E-state index is 0.00122. The number of piperazine rings is 2. The Morgan fingerprint density at radius 1 is 0.788 bits per heavy atom. The number of likely N-dealkylation sites (tertiary alicyclic amines) is 1. The van der Waals surface area contributed by atoms with E-state index in [9.17, 15) is 28.8 Å². The predicted molar refractivity (Wildman–Crippen MR) is 248 cm³/mol. The molecule has 0 bridgehead atoms. The van der Waals surface area contributed by atoms with E-state index in [2.05, 4.69) is 41.4 Å². The molecule has 1 aromatic carbocycles. The molecular formula is C48H58N12O6. The first-order chi connectivity index (χ1) is 32.0. The number of imide groups is 1. The highest BCUT2D eigenvalue weighted by Gasteiger charge is 2.39. The van der Waals surface area contributed by atoms with Gasteiger partial charge in [-0.25, -0.2) is 14.8 Å². The van der Waals surface area contributed by atoms with Gasteiger partial charge in [-0.15, -0.1) is 0 Å². The highest BCUT2D eigenvalue weighted by atomic mass is 16.2. The molecule has 0 radical (unpaired) electrons. The van der Waals surface area contributed by atoms with Crippen molar-refractivity contribution in [1.82, 2.24) is 44.4 Å². The van der Waals surface area contributed by atoms with E-state index >= 15 is 0 Å². The van der Waals surface area contributed by atoms with Gasteiger partial charge in [-0.3, -0.25) is 38.8 Å². The van der Waals surface area contributed by atoms with Crippen molar-refractivity contribution < 1.29 is 24.0 Å². The zero-order valence-electron chi connectivity index (χ0n) is 37.8. The van der Waals surface area contributed by atoms with Crippen molar-refractivity contribution in [1.29, 1.82) is 0 Å². The van der Waals surface area contributed by atoms with Crippen LogP contribution in [0.5, 0.6) is 0 Å². The monoisotopic (exact) mass is 898 g/mol. The normalized spacial score (nSPS) is 21.2. The lowest BCUT2D eigenvalue weighted by Gasteiger charge is -2.42. The van der Waals surface area contributed by atoms with Crippen molar-refractivity contribution in [2.45, 2.75) is 83.8 Å². The third kappa shape index (κ3) is 8.46. The third-order valence-electron chi connectivity index (χ3n) is 14.8. The predicted octanol–water partition coefficient (Wildman–Crippen LogP) is 4.09. The molecule has 346 valence electrons. The van der Waals surface area contributed by atoms with Crippen molar-refractivity contribution in [2.24, 2.45) is 5.92 Å². The molecular weight excluding hydrogens is 841 g/mol. The number of anilines is 4. The van der Waals surface area contributed by atoms with Crippen LogP contribution in [0.15, 0.2) is 47.5 Å². The molecule has 66 heavy (non-hydrogen) atoms. The number of aromatic nitrogens is 4. The average Bonchev–Trinajstić information content (AvgIpc) is 3.97. The molecule has 1 aliphatic carbocycles. The summed E-state index contributed by atoms with van der Waals surface area (Å²) in [5, 5.41) is 6.28. The number of fused-ring (bicyclic) bond motifs is 2. The standard InChI is InChI=1S/C48H58N12O6/c1-30-38-27-50-47(53-43(38)60(34-5-3-4-6-34)46(65)42(30)31(2)61)51-40-11-8-36(26-49-40)56-21-23-58(24-22-56)48(66)57-15-13-32(14-16-57)28-54-17-19-55(20-18-54)35-7-9-37-33(25-35)29-59(45(37)64)39-10-12-41(62)52-44(39)63/h7-9,11,25-27,32,34,39H,3-6,10,12-24,28-29H2,1-2H3,(H,52,62,63)(H,49,50,51,53). The van der Waals surface area contributed by atoms with E-state index in [-0.39, 0.29) is 47.2 Å². The molecule has 5 fully saturated rings. The summed E-state index contributed by atoms with van der Waals surface area (Å²) < 4.78 is 1.71. The van der Waals surface area contributed by atoms with Crippen LogP contribution in [-0.4, -0.2) is 147 Å². The van der Waals surface area contributed by atoms with Gasteiger partial charge in [-0.05, 0) is 93.3 Å². The number of piperidine rings is 2. The van der Waals surface area contributed by atoms with Gasteiger partial charge in [0.2, 0.25) is 17.8 Å². The Morgan fingerprint density at radius 3 is 2.18 bits per heavy atom. The number of hydrogen-bond acceptors (Lipinski definition) is 13. The highest BCUT2D eigenvalue weighted by Crippen LogP contribution is 2.34. The van der Waals surface area contributed by atoms with Crippen LogP contribution in [0.3, 0.4) is 0 Å². The lowest BCUT2D eigenvalue weighted by molar-refractivity contribution is -0.136. The molecule has 6 aliphatic rings. The number of ketones is 1. The SMILES string of the molecule is CC(=O)c1c(C)c2cnc(Nc3ccc(N4CCN(C(=O)N5CCC(CN6CCN(c7ccc8c(c7)CN(C7CCC(=O)NC7=O)C8=O)CC6)CC5)CC4)cn3)nc2n(C2CCCC2)c1=O. The number of amides is 5. The third-order valence-corrected chi connectivity index (χ3v) is 14.8. The van der Waals surface area contributed by atoms with Gasteiger partial charge in [0.15, 0.2) is 5.78 Å². The zero-order valence-corrected chi connectivity index (χ0v) is 37.8. The molecule has 8 heterocycles. The molecule has 0 spiro atoms. The molecule has 18 heteroatoms. The van der Waals surface area contributed by atoms with E-state index in [1.54, 1.807) is 22.6 Å². The van der Waals surface area contributed by atoms with Crippen LogP contribution < -0.4 is 26.0 Å². The summed E-state index contributed by atoms with van der Waals surface area (Å²) in [6, 6.07) is 9.38. The van der Waals surface area contributed by atoms with Crippen LogP contribution in [0, 0.1) is 12.8 Å². The maximum absolute atomic E-state index is 13.7. The van der Waals surface area contributed by atoms with Crippen molar-refractivity contribution in [3.63, 3.8) is 0 Å². The summed E-state index contributed by atoms with van der Waals surface area (Å²) in [6.07, 6.45) is 9.90. The van der Waals surface area contributed by atoms with Gasteiger partial charge < -0.3 is 29.8 Å². The van der Waals surface area contributed by atoms with E-state index in [0.717, 1.165) is 101 Å². The fraction of sp³-hybridized carbons (Fsp3) is 0.521. The summed E-state index contributed by atoms with van der Waals surface area (Å²) >= 11 is 0. The van der Waals surface area contributed by atoms with Crippen LogP contribution in [0.25, 0.3) is 11.0 Å². The quantitative estimate of drug-likeness (QED) is 0.181. The second kappa shape index (κ2) is 18.1. The number of carbonyl (C=O) groups excluding carboxylic acids is 5. The topological polar surface area (TPSA) is 190 Å². The number of nitrogens with one attached hydrogen (secondary N) is 2. The fourth-order valence-corrected chi connectivity index (χ4v) is 11.0. The van der Waals surface area contributed by atoms with E-state index in [4.69, 9.17) is 4.98 Å². The number of nitrogens with zero attached hydrogens (tertiary/aromatic N) is 10. The van der Waals surface area contributed by atoms with Crippen LogP contribution in [-0.2, 0) is 16.1 Å². The second-order valence-electron chi connectivity index (χ2n) is 18.8. The van der Waals surface area contributed by atoms with E-state index in [0.29, 0.717) is 79.0 Å². The summed E-state index contributed by atoms with van der Waals surface area (Å²) in [4.78, 5) is 104. The minimum atomic E-state index is -0.613. The smallest absolute Gasteiger partial charge is 0.320 e. The maximum atomic E-state index is 13.7. The Labute approximate surface area is 383 Å². The summed E-state index contributed by atoms with van der Waals surface area (Å²) in [6.45, 7) is 12.5. The molecule has 5 amide bonds. The number of aryl methyl sites for hydroxylation is 1. The van der Waals surface area contributed by atoms with Crippen molar-refractivity contribution >= 4 is 63.7 Å². The molecule has 1 atom stereocenters. The first-order valence-electron chi connectivity index (χ1n) is 23.7. The molecule has 1 unspecified atom stereocenters. The lowest BCUT2D eigenvalue weighted by atomic mass is 9.96. The van der Waals surface area contributed by atoms with Crippen molar-refractivity contribution in [3.8, 4) is 0 Å². The molecule has 18 nitrogen and oxygen atoms in total. The van der Waals surface area contributed by atoms with Crippen molar-refractivity contribution in [2.75, 3.05) is 87.1 Å². The zero-order chi connectivity index (χ0) is 45.6. The van der Waals surface area contributed by atoms with Crippen LogP contribution in [0.1, 0.15) is 96.2 Å². The first-order valence-corrected chi connectivity index (χ1v) is 23.7. The largest absolute Gasteiger partial charge is 0.369 e. The lowest BCUT2D eigenvalue weighted by Crippen LogP contribution is -2.54. The summed E-state index contributed by atoms with van der Waals surface area (Å²) in [5.41, 5.74) is 4.69. The number of carbonyl (C=O) groups is 5. The average molecular weight is 899 g/mol. The number of hydrogen-bond donors (Lipinski definition) is 2. The van der Waals surface area contributed by atoms with Crippen LogP contribution in [0.4, 0.5) is 27.9 Å². The number of pyridine rings is 2. The second-order valence-corrected chi connectivity index (χ2v) is 18.8. The molecule has 1 saturated carbocycles. The number of rotatable bonds is 9. The molecule has 10 rings (SSSR count). The number of urea groups is 1. The van der Waals surface area contributed by atoms with Gasteiger partial charge in [0.25, 0.3) is 11.5 Å². The van der Waals surface area contributed by atoms with E-state index in [1.807, 2.05) is 40.3 Å². The van der Waals surface area contributed by atoms with Gasteiger partial charge in [-0.2, -0.15) is 4.98 Å². The van der Waals surface area contributed by atoms with Gasteiger partial charge in [0, 0.05) is 114 Å². The van der Waals surface area contributed by atoms with Crippen molar-refractivity contribution in [3.05, 3.63) is 75.3 Å². The first kappa shape index (κ1) is 43.5. The number of Topliss-reactive ketones (excluding diaryl/α,β-unsaturated/α-hetero) is 1. The van der Waals surface area contributed by atoms with Gasteiger partial charge in [0.1, 0.15) is 17.5 Å².